The van der Waals surface area contributed by atoms with Gasteiger partial charge in [0.1, 0.15) is 6.61 Å². The highest BCUT2D eigenvalue weighted by atomic mass is 16.5. The number of hydrogen-bond acceptors (Lipinski definition) is 3. The fraction of sp³-hybridized carbons (Fsp3) is 0.333. The monoisotopic (exact) mass is 323 g/mol. The summed E-state index contributed by atoms with van der Waals surface area (Å²) in [5, 5.41) is 0. The quantitative estimate of drug-likeness (QED) is 0.796. The molecule has 0 saturated heterocycles. The van der Waals surface area contributed by atoms with Crippen LogP contribution in [0.2, 0.25) is 0 Å². The summed E-state index contributed by atoms with van der Waals surface area (Å²) in [5.74, 6) is 1.60. The van der Waals surface area contributed by atoms with Gasteiger partial charge in [-0.1, -0.05) is 42.5 Å². The summed E-state index contributed by atoms with van der Waals surface area (Å²) in [4.78, 5) is 2.45. The van der Waals surface area contributed by atoms with Gasteiger partial charge in [0.25, 0.3) is 0 Å². The number of rotatable bonds is 6. The van der Waals surface area contributed by atoms with E-state index in [1.807, 2.05) is 25.1 Å². The minimum absolute atomic E-state index is 0.668. The molecule has 3 nitrogen and oxygen atoms in total. The molecule has 126 valence electrons. The Morgan fingerprint density at radius 2 is 1.92 bits per heavy atom. The van der Waals surface area contributed by atoms with Crippen molar-refractivity contribution in [1.29, 1.82) is 0 Å². The van der Waals surface area contributed by atoms with Crippen LogP contribution in [0.15, 0.2) is 48.5 Å². The highest BCUT2D eigenvalue weighted by Gasteiger charge is 2.15. The van der Waals surface area contributed by atoms with Gasteiger partial charge in [-0.25, -0.2) is 0 Å². The highest BCUT2D eigenvalue weighted by molar-refractivity contribution is 5.55. The molecule has 3 rings (SSSR count). The van der Waals surface area contributed by atoms with Crippen LogP contribution in [0, 0.1) is 0 Å². The Kier molecular flexibility index (Phi) is 5.55. The van der Waals surface area contributed by atoms with Crippen LogP contribution in [0.4, 0.5) is 0 Å². The minimum Gasteiger partial charge on any atom is -0.493 e. The van der Waals surface area contributed by atoms with Gasteiger partial charge >= 0.3 is 0 Å². The zero-order valence-corrected chi connectivity index (χ0v) is 14.5. The molecule has 2 aromatic carbocycles. The molecule has 1 aliphatic rings. The van der Waals surface area contributed by atoms with Crippen LogP contribution < -0.4 is 9.47 Å². The second kappa shape index (κ2) is 8.02. The van der Waals surface area contributed by atoms with Crippen LogP contribution in [0.5, 0.6) is 11.5 Å². The molecule has 0 radical (unpaired) electrons. The highest BCUT2D eigenvalue weighted by Crippen LogP contribution is 2.28. The third-order valence-electron chi connectivity index (χ3n) is 4.42. The molecule has 1 heterocycles. The van der Waals surface area contributed by atoms with Crippen molar-refractivity contribution in [2.45, 2.75) is 19.9 Å². The van der Waals surface area contributed by atoms with Gasteiger partial charge in [0.2, 0.25) is 0 Å². The van der Waals surface area contributed by atoms with Crippen molar-refractivity contribution < 1.29 is 9.47 Å². The van der Waals surface area contributed by atoms with Gasteiger partial charge in [-0.05, 0) is 42.2 Å². The zero-order chi connectivity index (χ0) is 16.8. The maximum atomic E-state index is 5.96. The van der Waals surface area contributed by atoms with Gasteiger partial charge in [0.05, 0.1) is 7.11 Å². The normalized spacial score (nSPS) is 14.6. The molecule has 0 saturated carbocycles. The number of allylic oxidation sites excluding steroid dienone is 1. The van der Waals surface area contributed by atoms with E-state index in [1.54, 1.807) is 7.11 Å². The van der Waals surface area contributed by atoms with E-state index in [-0.39, 0.29) is 0 Å². The van der Waals surface area contributed by atoms with Gasteiger partial charge in [-0.15, -0.1) is 0 Å². The molecule has 0 amide bonds. The fourth-order valence-electron chi connectivity index (χ4n) is 3.13. The standard InChI is InChI=1S/C21H25NO2/c1-3-6-17-9-10-20(21(15-17)23-2)24-14-13-22-12-11-18-7-4-5-8-19(18)16-22/h3-10,15H,11-14,16H2,1-2H3. The van der Waals surface area contributed by atoms with Crippen LogP contribution in [0.3, 0.4) is 0 Å². The molecule has 0 bridgehead atoms. The molecular weight excluding hydrogens is 298 g/mol. The minimum atomic E-state index is 0.668. The first-order chi connectivity index (χ1) is 11.8. The number of fused-ring (bicyclic) bond motifs is 1. The number of hydrogen-bond donors (Lipinski definition) is 0. The lowest BCUT2D eigenvalue weighted by Crippen LogP contribution is -2.33. The Labute approximate surface area is 144 Å². The number of ether oxygens (including phenoxy) is 2. The molecule has 0 spiro atoms. The van der Waals surface area contributed by atoms with Crippen molar-refractivity contribution in [2.24, 2.45) is 0 Å². The molecule has 24 heavy (non-hydrogen) atoms. The SMILES string of the molecule is CC=Cc1ccc(OCCN2CCc3ccccc3C2)c(OC)c1. The van der Waals surface area contributed by atoms with E-state index in [0.717, 1.165) is 43.1 Å². The summed E-state index contributed by atoms with van der Waals surface area (Å²) in [6, 6.07) is 14.8. The average Bonchev–Trinajstić information content (AvgIpc) is 2.63. The van der Waals surface area contributed by atoms with Gasteiger partial charge in [-0.2, -0.15) is 0 Å². The molecule has 0 unspecified atom stereocenters. The summed E-state index contributed by atoms with van der Waals surface area (Å²) in [6.07, 6.45) is 5.19. The van der Waals surface area contributed by atoms with E-state index in [0.29, 0.717) is 6.61 Å². The molecule has 0 fully saturated rings. The van der Waals surface area contributed by atoms with Crippen molar-refractivity contribution in [2.75, 3.05) is 26.8 Å². The number of methoxy groups -OCH3 is 1. The Balaban J connectivity index is 1.55. The molecule has 1 aliphatic heterocycles. The third-order valence-corrected chi connectivity index (χ3v) is 4.42. The Hall–Kier alpha value is -2.26. The fourth-order valence-corrected chi connectivity index (χ4v) is 3.13. The van der Waals surface area contributed by atoms with E-state index in [1.165, 1.54) is 11.1 Å². The maximum Gasteiger partial charge on any atom is 0.161 e. The largest absolute Gasteiger partial charge is 0.493 e. The van der Waals surface area contributed by atoms with Crippen molar-refractivity contribution >= 4 is 6.08 Å². The molecule has 0 aromatic heterocycles. The topological polar surface area (TPSA) is 21.7 Å². The van der Waals surface area contributed by atoms with Crippen LogP contribution >= 0.6 is 0 Å². The predicted octanol–water partition coefficient (Wildman–Crippen LogP) is 4.17. The second-order valence-corrected chi connectivity index (χ2v) is 6.05. The maximum absolute atomic E-state index is 5.96. The predicted molar refractivity (Wildman–Crippen MR) is 98.6 cm³/mol. The summed E-state index contributed by atoms with van der Waals surface area (Å²) < 4.78 is 11.4. The van der Waals surface area contributed by atoms with Gasteiger partial charge < -0.3 is 9.47 Å². The smallest absolute Gasteiger partial charge is 0.161 e. The Morgan fingerprint density at radius 1 is 1.08 bits per heavy atom. The molecule has 2 aromatic rings. The molecule has 3 heteroatoms. The van der Waals surface area contributed by atoms with Gasteiger partial charge in [0, 0.05) is 19.6 Å². The van der Waals surface area contributed by atoms with Crippen LogP contribution in [-0.4, -0.2) is 31.7 Å². The van der Waals surface area contributed by atoms with Crippen LogP contribution in [0.1, 0.15) is 23.6 Å². The number of nitrogens with zero attached hydrogens (tertiary/aromatic N) is 1. The lowest BCUT2D eigenvalue weighted by atomic mass is 10.0. The van der Waals surface area contributed by atoms with E-state index < -0.39 is 0 Å². The summed E-state index contributed by atoms with van der Waals surface area (Å²) in [7, 11) is 1.68. The first kappa shape index (κ1) is 16.6. The van der Waals surface area contributed by atoms with Crippen molar-refractivity contribution in [3.63, 3.8) is 0 Å². The molecule has 0 N–H and O–H groups in total. The van der Waals surface area contributed by atoms with E-state index >= 15 is 0 Å². The summed E-state index contributed by atoms with van der Waals surface area (Å²) in [6.45, 7) is 5.71. The summed E-state index contributed by atoms with van der Waals surface area (Å²) >= 11 is 0. The molecule has 0 atom stereocenters. The van der Waals surface area contributed by atoms with Crippen molar-refractivity contribution in [3.8, 4) is 11.5 Å². The van der Waals surface area contributed by atoms with Gasteiger partial charge in [0.15, 0.2) is 11.5 Å². The van der Waals surface area contributed by atoms with E-state index in [9.17, 15) is 0 Å². The first-order valence-corrected chi connectivity index (χ1v) is 8.53. The van der Waals surface area contributed by atoms with Crippen molar-refractivity contribution in [1.82, 2.24) is 4.90 Å². The van der Waals surface area contributed by atoms with Crippen LogP contribution in [0.25, 0.3) is 6.08 Å². The first-order valence-electron chi connectivity index (χ1n) is 8.53. The Bertz CT molecular complexity index is 709. The Morgan fingerprint density at radius 3 is 2.71 bits per heavy atom. The molecular formula is C21H25NO2. The van der Waals surface area contributed by atoms with Gasteiger partial charge in [-0.3, -0.25) is 4.90 Å². The zero-order valence-electron chi connectivity index (χ0n) is 14.5. The van der Waals surface area contributed by atoms with E-state index in [2.05, 4.69) is 41.3 Å². The average molecular weight is 323 g/mol. The second-order valence-electron chi connectivity index (χ2n) is 6.05. The van der Waals surface area contributed by atoms with Crippen molar-refractivity contribution in [3.05, 3.63) is 65.2 Å². The summed E-state index contributed by atoms with van der Waals surface area (Å²) in [5.41, 5.74) is 4.04. The van der Waals surface area contributed by atoms with Crippen LogP contribution in [-0.2, 0) is 13.0 Å². The van der Waals surface area contributed by atoms with E-state index in [4.69, 9.17) is 9.47 Å². The third kappa shape index (κ3) is 3.98. The lowest BCUT2D eigenvalue weighted by molar-refractivity contribution is 0.192. The lowest BCUT2D eigenvalue weighted by Gasteiger charge is -2.28. The molecule has 0 aliphatic carbocycles. The number of benzene rings is 2.